The van der Waals surface area contributed by atoms with Gasteiger partial charge in [-0.3, -0.25) is 10.00 Å². The lowest BCUT2D eigenvalue weighted by molar-refractivity contribution is 0.221. The Balaban J connectivity index is 1.58. The maximum Gasteiger partial charge on any atom is 0.322 e. The summed E-state index contributed by atoms with van der Waals surface area (Å²) in [6.45, 7) is 1.73. The number of methoxy groups -OCH3 is 1. The van der Waals surface area contributed by atoms with E-state index in [1.165, 1.54) is 30.2 Å². The third-order valence-corrected chi connectivity index (χ3v) is 5.44. The van der Waals surface area contributed by atoms with Crippen LogP contribution in [-0.2, 0) is 6.42 Å². The van der Waals surface area contributed by atoms with Gasteiger partial charge in [0.15, 0.2) is 0 Å². The van der Waals surface area contributed by atoms with Gasteiger partial charge in [-0.05, 0) is 48.7 Å². The molecule has 0 aliphatic carbocycles. The molecule has 7 nitrogen and oxygen atoms in total. The monoisotopic (exact) mass is 428 g/mol. The number of amides is 2. The van der Waals surface area contributed by atoms with E-state index in [4.69, 9.17) is 4.74 Å². The minimum Gasteiger partial charge on any atom is -0.497 e. The molecule has 4 rings (SSSR count). The number of fused-ring (bicyclic) bond motifs is 1. The molecule has 2 amide bonds. The summed E-state index contributed by atoms with van der Waals surface area (Å²) < 4.78 is 33.7. The maximum atomic E-state index is 14.9. The molecule has 0 radical (unpaired) electrons. The van der Waals surface area contributed by atoms with Gasteiger partial charge in [-0.15, -0.1) is 0 Å². The number of hydrogen-bond donors (Lipinski definition) is 3. The fraction of sp³-hybridized carbons (Fsp3) is 0.273. The molecule has 31 heavy (non-hydrogen) atoms. The zero-order chi connectivity index (χ0) is 22.1. The first-order valence-corrected chi connectivity index (χ1v) is 9.77. The van der Waals surface area contributed by atoms with Crippen molar-refractivity contribution in [2.24, 2.45) is 0 Å². The summed E-state index contributed by atoms with van der Waals surface area (Å²) in [5.74, 6) is -0.729. The number of benzene rings is 2. The zero-order valence-electron chi connectivity index (χ0n) is 17.1. The van der Waals surface area contributed by atoms with Crippen LogP contribution in [0.5, 0.6) is 5.75 Å². The fourth-order valence-corrected chi connectivity index (χ4v) is 3.82. The first-order valence-electron chi connectivity index (χ1n) is 9.77. The lowest BCUT2D eigenvalue weighted by atomic mass is 10.0. The van der Waals surface area contributed by atoms with Crippen molar-refractivity contribution in [2.45, 2.75) is 19.4 Å². The standard InChI is InChI=1S/C22H22F2N4O3/c1-12-18(10-25-27-12)17-7-13-3-4-28(21(13)9-19(17)24)22(30)26-20(11-29)14-5-15(23)8-16(6-14)31-2/h5-10,20,29H,3-4,11H2,1-2H3,(H,25,27)(H,26,30). The Bertz CT molecular complexity index is 1130. The normalized spacial score (nSPS) is 13.8. The maximum absolute atomic E-state index is 14.9. The molecule has 1 aliphatic heterocycles. The van der Waals surface area contributed by atoms with Gasteiger partial charge < -0.3 is 15.2 Å². The van der Waals surface area contributed by atoms with Gasteiger partial charge in [0.05, 0.1) is 31.6 Å². The lowest BCUT2D eigenvalue weighted by Crippen LogP contribution is -2.42. The molecule has 2 heterocycles. The first kappa shape index (κ1) is 20.8. The number of carbonyl (C=O) groups is 1. The molecule has 1 atom stereocenters. The van der Waals surface area contributed by atoms with Gasteiger partial charge in [0.25, 0.3) is 0 Å². The molecule has 0 bridgehead atoms. The first-order chi connectivity index (χ1) is 14.9. The molecular weight excluding hydrogens is 406 g/mol. The van der Waals surface area contributed by atoms with Crippen LogP contribution in [0, 0.1) is 18.6 Å². The third-order valence-electron chi connectivity index (χ3n) is 5.44. The molecule has 0 saturated carbocycles. The highest BCUT2D eigenvalue weighted by molar-refractivity contribution is 5.95. The number of aryl methyl sites for hydroxylation is 1. The number of anilines is 1. The number of rotatable bonds is 5. The van der Waals surface area contributed by atoms with Crippen molar-refractivity contribution in [1.29, 1.82) is 0 Å². The molecule has 1 unspecified atom stereocenters. The average Bonchev–Trinajstić information content (AvgIpc) is 3.36. The molecule has 0 saturated heterocycles. The number of halogens is 2. The molecule has 3 N–H and O–H groups in total. The number of aliphatic hydroxyl groups excluding tert-OH is 1. The SMILES string of the molecule is COc1cc(F)cc(C(CO)NC(=O)N2CCc3cc(-c4cn[nH]c4C)c(F)cc32)c1. The Morgan fingerprint density at radius 1 is 1.29 bits per heavy atom. The number of H-pyrrole nitrogens is 1. The smallest absolute Gasteiger partial charge is 0.322 e. The van der Waals surface area contributed by atoms with Gasteiger partial charge in [-0.25, -0.2) is 13.6 Å². The quantitative estimate of drug-likeness (QED) is 0.580. The molecule has 3 aromatic rings. The second-order valence-electron chi connectivity index (χ2n) is 7.38. The van der Waals surface area contributed by atoms with Crippen LogP contribution < -0.4 is 15.0 Å². The fourth-order valence-electron chi connectivity index (χ4n) is 3.82. The number of aromatic amines is 1. The molecular formula is C22H22F2N4O3. The second kappa shape index (κ2) is 8.35. The number of nitrogens with zero attached hydrogens (tertiary/aromatic N) is 2. The minimum absolute atomic E-state index is 0.276. The van der Waals surface area contributed by atoms with Crippen LogP contribution in [0.2, 0.25) is 0 Å². The van der Waals surface area contributed by atoms with E-state index in [9.17, 15) is 18.7 Å². The molecule has 1 aromatic heterocycles. The zero-order valence-corrected chi connectivity index (χ0v) is 17.1. The molecule has 9 heteroatoms. The van der Waals surface area contributed by atoms with Crippen LogP contribution in [0.3, 0.4) is 0 Å². The summed E-state index contributed by atoms with van der Waals surface area (Å²) in [5, 5.41) is 19.2. The molecule has 162 valence electrons. The van der Waals surface area contributed by atoms with Gasteiger partial charge >= 0.3 is 6.03 Å². The van der Waals surface area contributed by atoms with Crippen molar-refractivity contribution in [1.82, 2.24) is 15.5 Å². The van der Waals surface area contributed by atoms with E-state index in [2.05, 4.69) is 15.5 Å². The number of hydrogen-bond acceptors (Lipinski definition) is 4. The van der Waals surface area contributed by atoms with Crippen LogP contribution in [-0.4, -0.2) is 41.6 Å². The van der Waals surface area contributed by atoms with Crippen molar-refractivity contribution in [3.63, 3.8) is 0 Å². The third kappa shape index (κ3) is 3.96. The van der Waals surface area contributed by atoms with Crippen molar-refractivity contribution >= 4 is 11.7 Å². The van der Waals surface area contributed by atoms with E-state index >= 15 is 0 Å². The number of urea groups is 1. The van der Waals surface area contributed by atoms with Crippen molar-refractivity contribution in [3.05, 3.63) is 65.0 Å². The molecule has 0 fully saturated rings. The number of aliphatic hydroxyl groups is 1. The Morgan fingerprint density at radius 2 is 2.10 bits per heavy atom. The van der Waals surface area contributed by atoms with Crippen molar-refractivity contribution in [3.8, 4) is 16.9 Å². The Morgan fingerprint density at radius 3 is 2.77 bits per heavy atom. The topological polar surface area (TPSA) is 90.5 Å². The highest BCUT2D eigenvalue weighted by Gasteiger charge is 2.29. The number of aromatic nitrogens is 2. The van der Waals surface area contributed by atoms with Crippen molar-refractivity contribution in [2.75, 3.05) is 25.2 Å². The Hall–Kier alpha value is -3.46. The number of nitrogens with one attached hydrogen (secondary N) is 2. The summed E-state index contributed by atoms with van der Waals surface area (Å²) in [6.07, 6.45) is 2.13. The van der Waals surface area contributed by atoms with E-state index < -0.39 is 30.3 Å². The van der Waals surface area contributed by atoms with Gasteiger partial charge in [-0.2, -0.15) is 5.10 Å². The van der Waals surface area contributed by atoms with Gasteiger partial charge in [0, 0.05) is 29.4 Å². The summed E-state index contributed by atoms with van der Waals surface area (Å²) in [7, 11) is 1.40. The minimum atomic E-state index is -0.848. The second-order valence-corrected chi connectivity index (χ2v) is 7.38. The Kier molecular flexibility index (Phi) is 5.60. The summed E-state index contributed by atoms with van der Waals surface area (Å²) in [4.78, 5) is 14.3. The average molecular weight is 428 g/mol. The number of ether oxygens (including phenoxy) is 1. The van der Waals surface area contributed by atoms with Crippen LogP contribution in [0.25, 0.3) is 11.1 Å². The highest BCUT2D eigenvalue weighted by atomic mass is 19.1. The van der Waals surface area contributed by atoms with Gasteiger partial charge in [-0.1, -0.05) is 0 Å². The molecule has 2 aromatic carbocycles. The van der Waals surface area contributed by atoms with Crippen LogP contribution >= 0.6 is 0 Å². The van der Waals surface area contributed by atoms with E-state index in [-0.39, 0.29) is 5.75 Å². The van der Waals surface area contributed by atoms with Crippen LogP contribution in [0.4, 0.5) is 19.3 Å². The summed E-state index contributed by atoms with van der Waals surface area (Å²) in [5.41, 5.74) is 3.51. The number of carbonyl (C=O) groups excluding carboxylic acids is 1. The summed E-state index contributed by atoms with van der Waals surface area (Å²) in [6, 6.07) is 5.69. The predicted molar refractivity (Wildman–Crippen MR) is 111 cm³/mol. The van der Waals surface area contributed by atoms with Crippen LogP contribution in [0.1, 0.15) is 22.9 Å². The largest absolute Gasteiger partial charge is 0.497 e. The highest BCUT2D eigenvalue weighted by Crippen LogP contribution is 2.35. The van der Waals surface area contributed by atoms with E-state index in [0.717, 1.165) is 11.3 Å². The molecule has 1 aliphatic rings. The predicted octanol–water partition coefficient (Wildman–Crippen LogP) is 3.48. The lowest BCUT2D eigenvalue weighted by Gasteiger charge is -2.23. The van der Waals surface area contributed by atoms with E-state index in [0.29, 0.717) is 35.3 Å². The van der Waals surface area contributed by atoms with E-state index in [1.807, 2.05) is 6.92 Å². The molecule has 0 spiro atoms. The van der Waals surface area contributed by atoms with Crippen molar-refractivity contribution < 1.29 is 23.4 Å². The Labute approximate surface area is 177 Å². The van der Waals surface area contributed by atoms with Gasteiger partial charge in [0.1, 0.15) is 17.4 Å². The van der Waals surface area contributed by atoms with Gasteiger partial charge in [0.2, 0.25) is 0 Å². The summed E-state index contributed by atoms with van der Waals surface area (Å²) >= 11 is 0. The van der Waals surface area contributed by atoms with E-state index in [1.54, 1.807) is 18.3 Å². The van der Waals surface area contributed by atoms with Crippen LogP contribution in [0.15, 0.2) is 36.5 Å².